The molecule has 0 saturated carbocycles. The summed E-state index contributed by atoms with van der Waals surface area (Å²) < 4.78 is 0. The van der Waals surface area contributed by atoms with Gasteiger partial charge in [-0.05, 0) is 38.5 Å². The molecule has 1 N–H and O–H groups in total. The molecule has 4 heteroatoms. The summed E-state index contributed by atoms with van der Waals surface area (Å²) in [5.74, 6) is -0.496. The van der Waals surface area contributed by atoms with E-state index in [9.17, 15) is 9.90 Å². The van der Waals surface area contributed by atoms with Gasteiger partial charge in [-0.1, -0.05) is 57.3 Å². The average Bonchev–Trinajstić information content (AvgIpc) is 2.45. The van der Waals surface area contributed by atoms with Crippen molar-refractivity contribution in [3.05, 3.63) is 24.0 Å². The van der Waals surface area contributed by atoms with Gasteiger partial charge in [-0.2, -0.15) is 0 Å². The van der Waals surface area contributed by atoms with E-state index in [-0.39, 0.29) is 63.6 Å². The van der Waals surface area contributed by atoms with Gasteiger partial charge in [-0.25, -0.2) is 0 Å². The van der Waals surface area contributed by atoms with E-state index in [1.807, 2.05) is 6.08 Å². The van der Waals surface area contributed by atoms with Gasteiger partial charge >= 0.3 is 57.4 Å². The third-order valence-electron chi connectivity index (χ3n) is 3.43. The van der Waals surface area contributed by atoms with Crippen molar-refractivity contribution in [1.82, 2.24) is 0 Å². The van der Waals surface area contributed by atoms with E-state index in [1.165, 1.54) is 19.3 Å². The second-order valence-electron chi connectivity index (χ2n) is 5.54. The third kappa shape index (κ3) is 20.4. The van der Waals surface area contributed by atoms with Crippen LogP contribution in [0.1, 0.15) is 84.0 Å². The van der Waals surface area contributed by atoms with Crippen molar-refractivity contribution < 1.29 is 66.4 Å². The maximum absolute atomic E-state index is 11.6. The summed E-state index contributed by atoms with van der Waals surface area (Å²) in [4.78, 5) is 10.3. The fraction of sp³-hybridized carbons (Fsp3) is 0.722. The van der Waals surface area contributed by atoms with E-state index < -0.39 is 5.97 Å². The van der Waals surface area contributed by atoms with Crippen LogP contribution < -0.4 is 56.5 Å². The van der Waals surface area contributed by atoms with E-state index >= 15 is 0 Å². The van der Waals surface area contributed by atoms with Crippen molar-refractivity contribution in [2.45, 2.75) is 84.0 Å². The topological polar surface area (TPSA) is 60.4 Å². The second kappa shape index (κ2) is 19.4. The fourth-order valence-corrected chi connectivity index (χ4v) is 2.13. The number of aliphatic carboxylic acids is 1. The standard InChI is InChI=1S/C18H32O3.K/c1-2-3-4-5-8-11-14-17(19)15-12-9-6-7-10-13-16-18(20)21;/h8,11,15,19H,2-7,9-10,12-14,16H2,1H3,(H,20,21);/q;+1/p-1/b11-8-,17-15+;. The first-order chi connectivity index (χ1) is 10.2. The van der Waals surface area contributed by atoms with Crippen LogP contribution in [-0.2, 0) is 4.79 Å². The molecule has 0 aromatic rings. The quantitative estimate of drug-likeness (QED) is 0.227. The third-order valence-corrected chi connectivity index (χ3v) is 3.43. The van der Waals surface area contributed by atoms with Crippen LogP contribution in [0, 0.1) is 0 Å². The van der Waals surface area contributed by atoms with Crippen LogP contribution in [-0.4, -0.2) is 11.1 Å². The van der Waals surface area contributed by atoms with Gasteiger partial charge in [0.05, 0.1) is 0 Å². The number of carboxylic acid groups (broad SMARTS) is 1. The molecular weight excluding hydrogens is 303 g/mol. The zero-order valence-corrected chi connectivity index (χ0v) is 17.6. The summed E-state index contributed by atoms with van der Waals surface area (Å²) in [5, 5.41) is 20.1. The van der Waals surface area contributed by atoms with Crippen molar-refractivity contribution in [3.63, 3.8) is 0 Å². The molecule has 0 bridgehead atoms. The first kappa shape index (κ1) is 24.6. The Kier molecular flexibility index (Phi) is 21.8. The Labute approximate surface area is 178 Å². The van der Waals surface area contributed by atoms with Gasteiger partial charge in [0.1, 0.15) is 0 Å². The van der Waals surface area contributed by atoms with Crippen LogP contribution in [0.3, 0.4) is 0 Å². The van der Waals surface area contributed by atoms with Gasteiger partial charge in [-0.3, -0.25) is 4.79 Å². The van der Waals surface area contributed by atoms with Crippen molar-refractivity contribution >= 4 is 5.97 Å². The minimum atomic E-state index is -0.711. The number of carboxylic acids is 1. The largest absolute Gasteiger partial charge is 1.00 e. The smallest absolute Gasteiger partial charge is 0.875 e. The molecule has 0 radical (unpaired) electrons. The average molecular weight is 335 g/mol. The molecular formula is C18H31KO3. The Balaban J connectivity index is 0. The van der Waals surface area contributed by atoms with Gasteiger partial charge in [-0.15, -0.1) is 5.76 Å². The van der Waals surface area contributed by atoms with Crippen molar-refractivity contribution in [2.75, 3.05) is 0 Å². The Bertz CT molecular complexity index is 311. The SMILES string of the molecule is CCCCC/C=C\C/C([O-])=C\CCCCCCCC(=O)O.[K+]. The molecule has 0 aromatic carbocycles. The Hall–Kier alpha value is 0.386. The number of unbranched alkanes of at least 4 members (excludes halogenated alkanes) is 8. The van der Waals surface area contributed by atoms with Gasteiger partial charge in [0.2, 0.25) is 0 Å². The predicted octanol–water partition coefficient (Wildman–Crippen LogP) is 1.58. The summed E-state index contributed by atoms with van der Waals surface area (Å²) in [6, 6.07) is 0. The van der Waals surface area contributed by atoms with Gasteiger partial charge < -0.3 is 10.2 Å². The second-order valence-corrected chi connectivity index (χ2v) is 5.54. The molecule has 0 rings (SSSR count). The molecule has 0 atom stereocenters. The molecule has 3 nitrogen and oxygen atoms in total. The maximum Gasteiger partial charge on any atom is 1.00 e. The van der Waals surface area contributed by atoms with Crippen molar-refractivity contribution in [3.8, 4) is 0 Å². The van der Waals surface area contributed by atoms with Crippen LogP contribution in [0.15, 0.2) is 24.0 Å². The van der Waals surface area contributed by atoms with Crippen LogP contribution in [0.4, 0.5) is 0 Å². The zero-order valence-electron chi connectivity index (χ0n) is 14.5. The molecule has 0 aliphatic rings. The zero-order chi connectivity index (χ0) is 15.8. The van der Waals surface area contributed by atoms with E-state index in [1.54, 1.807) is 6.08 Å². The first-order valence-electron chi connectivity index (χ1n) is 8.39. The summed E-state index contributed by atoms with van der Waals surface area (Å²) in [7, 11) is 0. The van der Waals surface area contributed by atoms with Gasteiger partial charge in [0, 0.05) is 6.42 Å². The number of carbonyl (C=O) groups is 1. The fourth-order valence-electron chi connectivity index (χ4n) is 2.13. The van der Waals surface area contributed by atoms with E-state index in [0.717, 1.165) is 44.9 Å². The molecule has 0 heterocycles. The number of hydrogen-bond acceptors (Lipinski definition) is 2. The molecule has 0 amide bonds. The molecule has 0 aromatic heterocycles. The summed E-state index contributed by atoms with van der Waals surface area (Å²) in [5.41, 5.74) is 0. The summed E-state index contributed by atoms with van der Waals surface area (Å²) in [6.07, 6.45) is 17.3. The summed E-state index contributed by atoms with van der Waals surface area (Å²) in [6.45, 7) is 2.19. The Morgan fingerprint density at radius 2 is 1.59 bits per heavy atom. The van der Waals surface area contributed by atoms with Gasteiger partial charge in [0.15, 0.2) is 0 Å². The normalized spacial score (nSPS) is 11.6. The van der Waals surface area contributed by atoms with E-state index in [2.05, 4.69) is 13.0 Å². The minimum absolute atomic E-state index is 0. The molecule has 122 valence electrons. The van der Waals surface area contributed by atoms with Crippen molar-refractivity contribution in [1.29, 1.82) is 0 Å². The molecule has 0 fully saturated rings. The minimum Gasteiger partial charge on any atom is -0.875 e. The Morgan fingerprint density at radius 1 is 0.955 bits per heavy atom. The molecule has 0 aliphatic heterocycles. The number of rotatable bonds is 14. The van der Waals surface area contributed by atoms with Crippen LogP contribution in [0.2, 0.25) is 0 Å². The molecule has 0 unspecified atom stereocenters. The molecule has 0 saturated heterocycles. The van der Waals surface area contributed by atoms with E-state index in [4.69, 9.17) is 5.11 Å². The molecule has 22 heavy (non-hydrogen) atoms. The predicted molar refractivity (Wildman–Crippen MR) is 85.9 cm³/mol. The number of hydrogen-bond donors (Lipinski definition) is 1. The summed E-state index contributed by atoms with van der Waals surface area (Å²) >= 11 is 0. The van der Waals surface area contributed by atoms with Gasteiger partial charge in [0.25, 0.3) is 0 Å². The van der Waals surface area contributed by atoms with Crippen molar-refractivity contribution in [2.24, 2.45) is 0 Å². The first-order valence-corrected chi connectivity index (χ1v) is 8.39. The molecule has 0 aliphatic carbocycles. The van der Waals surface area contributed by atoms with Crippen LogP contribution >= 0.6 is 0 Å². The molecule has 0 spiro atoms. The monoisotopic (exact) mass is 334 g/mol. The Morgan fingerprint density at radius 3 is 2.27 bits per heavy atom. The van der Waals surface area contributed by atoms with E-state index in [0.29, 0.717) is 6.42 Å². The number of allylic oxidation sites excluding steroid dienone is 3. The maximum atomic E-state index is 11.6. The van der Waals surface area contributed by atoms with Crippen LogP contribution in [0.25, 0.3) is 0 Å². The van der Waals surface area contributed by atoms with Crippen LogP contribution in [0.5, 0.6) is 0 Å².